The average molecular weight is 464 g/mol. The van der Waals surface area contributed by atoms with Gasteiger partial charge in [0, 0.05) is 49.0 Å². The molecule has 0 radical (unpaired) electrons. The number of halogens is 4. The Kier molecular flexibility index (Phi) is 6.13. The normalized spacial score (nSPS) is 14.9. The van der Waals surface area contributed by atoms with Crippen LogP contribution in [0.25, 0.3) is 17.5 Å². The summed E-state index contributed by atoms with van der Waals surface area (Å²) in [6, 6.07) is 10.5. The van der Waals surface area contributed by atoms with Crippen LogP contribution in [0.4, 0.5) is 19.0 Å². The molecule has 1 amide bonds. The van der Waals surface area contributed by atoms with Crippen molar-refractivity contribution in [2.24, 2.45) is 0 Å². The molecule has 3 aromatic rings. The Hall–Kier alpha value is -3.40. The molecule has 1 aliphatic heterocycles. The molecule has 1 aliphatic rings. The van der Waals surface area contributed by atoms with Crippen LogP contribution in [-0.4, -0.2) is 52.1 Å². The van der Waals surface area contributed by atoms with Crippen LogP contribution in [0.2, 0.25) is 5.02 Å². The highest BCUT2D eigenvalue weighted by atomic mass is 35.5. The number of piperazine rings is 1. The second-order valence-electron chi connectivity index (χ2n) is 6.99. The van der Waals surface area contributed by atoms with Gasteiger partial charge in [-0.15, -0.1) is 0 Å². The highest BCUT2D eigenvalue weighted by Crippen LogP contribution is 2.29. The summed E-state index contributed by atoms with van der Waals surface area (Å²) in [5.74, 6) is -1.05. The quantitative estimate of drug-likeness (QED) is 0.541. The molecule has 0 atom stereocenters. The fourth-order valence-electron chi connectivity index (χ4n) is 3.19. The van der Waals surface area contributed by atoms with E-state index in [1.165, 1.54) is 12.3 Å². The summed E-state index contributed by atoms with van der Waals surface area (Å²) in [6.45, 7) is 2.15. The molecule has 11 heteroatoms. The van der Waals surface area contributed by atoms with Crippen molar-refractivity contribution >= 4 is 29.4 Å². The Morgan fingerprint density at radius 2 is 1.84 bits per heavy atom. The van der Waals surface area contributed by atoms with Gasteiger partial charge < -0.3 is 14.3 Å². The van der Waals surface area contributed by atoms with Crippen molar-refractivity contribution < 1.29 is 22.5 Å². The van der Waals surface area contributed by atoms with Crippen molar-refractivity contribution in [3.63, 3.8) is 0 Å². The first kappa shape index (κ1) is 21.8. The van der Waals surface area contributed by atoms with Crippen molar-refractivity contribution in [2.75, 3.05) is 31.1 Å². The summed E-state index contributed by atoms with van der Waals surface area (Å²) in [5.41, 5.74) is 1.08. The lowest BCUT2D eigenvalue weighted by molar-refractivity contribution is -0.159. The number of hydrogen-bond acceptors (Lipinski definition) is 6. The fourth-order valence-corrected chi connectivity index (χ4v) is 3.39. The zero-order valence-corrected chi connectivity index (χ0v) is 17.3. The lowest BCUT2D eigenvalue weighted by atomic mass is 10.2. The number of nitrogens with zero attached hydrogens (tertiary/aromatic N) is 5. The molecule has 32 heavy (non-hydrogen) atoms. The maximum atomic E-state index is 12.6. The number of hydrogen-bond donors (Lipinski definition) is 0. The molecule has 7 nitrogen and oxygen atoms in total. The predicted molar refractivity (Wildman–Crippen MR) is 112 cm³/mol. The zero-order chi connectivity index (χ0) is 22.7. The number of pyridine rings is 1. The Labute approximate surface area is 186 Å². The highest BCUT2D eigenvalue weighted by Gasteiger charge is 2.38. The van der Waals surface area contributed by atoms with Crippen molar-refractivity contribution in [3.8, 4) is 11.4 Å². The van der Waals surface area contributed by atoms with E-state index in [0.717, 1.165) is 5.56 Å². The summed E-state index contributed by atoms with van der Waals surface area (Å²) in [4.78, 5) is 23.8. The monoisotopic (exact) mass is 463 g/mol. The lowest BCUT2D eigenvalue weighted by Gasteiger charge is -2.35. The largest absolute Gasteiger partial charge is 0.471 e. The summed E-state index contributed by atoms with van der Waals surface area (Å²) in [5, 5.41) is 3.93. The molecule has 4 rings (SSSR count). The van der Waals surface area contributed by atoms with E-state index in [2.05, 4.69) is 19.6 Å². The third-order valence-corrected chi connectivity index (χ3v) is 5.24. The second-order valence-corrected chi connectivity index (χ2v) is 7.40. The van der Waals surface area contributed by atoms with Crippen LogP contribution in [0.15, 0.2) is 53.2 Å². The van der Waals surface area contributed by atoms with Crippen molar-refractivity contribution in [2.45, 2.75) is 6.18 Å². The molecule has 0 bridgehead atoms. The number of carbonyl (C=O) groups excluding carboxylic acids is 1. The number of anilines is 1. The van der Waals surface area contributed by atoms with Crippen molar-refractivity contribution in [1.82, 2.24) is 20.0 Å². The van der Waals surface area contributed by atoms with Gasteiger partial charge in [0.25, 0.3) is 0 Å². The minimum atomic E-state index is -4.70. The Morgan fingerprint density at radius 1 is 1.09 bits per heavy atom. The molecule has 1 saturated heterocycles. The maximum absolute atomic E-state index is 12.6. The van der Waals surface area contributed by atoms with Crippen LogP contribution in [0.5, 0.6) is 0 Å². The highest BCUT2D eigenvalue weighted by molar-refractivity contribution is 6.32. The van der Waals surface area contributed by atoms with E-state index in [1.54, 1.807) is 29.2 Å². The van der Waals surface area contributed by atoms with Crippen LogP contribution in [-0.2, 0) is 11.0 Å². The summed E-state index contributed by atoms with van der Waals surface area (Å²) in [7, 11) is 0. The lowest BCUT2D eigenvalue weighted by Crippen LogP contribution is -2.48. The molecular weight excluding hydrogens is 447 g/mol. The second kappa shape index (κ2) is 8.99. The number of benzene rings is 1. The van der Waals surface area contributed by atoms with E-state index < -0.39 is 12.1 Å². The van der Waals surface area contributed by atoms with Gasteiger partial charge in [0.2, 0.25) is 11.7 Å². The Bertz CT molecular complexity index is 1120. The SMILES string of the molecule is O=C(C=Cc1ccccc1Cl)N1CCN(c2ccc(-c3noc(C(F)(F)F)n3)cn2)CC1. The van der Waals surface area contributed by atoms with Crippen LogP contribution in [0.1, 0.15) is 11.5 Å². The van der Waals surface area contributed by atoms with Gasteiger partial charge in [-0.25, -0.2) is 4.98 Å². The topological polar surface area (TPSA) is 75.4 Å². The molecule has 2 aromatic heterocycles. The average Bonchev–Trinajstić information content (AvgIpc) is 3.30. The smallest absolute Gasteiger partial charge is 0.353 e. The molecule has 0 unspecified atom stereocenters. The minimum absolute atomic E-state index is 0.106. The van der Waals surface area contributed by atoms with Gasteiger partial charge in [0.1, 0.15) is 5.82 Å². The number of rotatable bonds is 4. The van der Waals surface area contributed by atoms with E-state index >= 15 is 0 Å². The zero-order valence-electron chi connectivity index (χ0n) is 16.6. The third-order valence-electron chi connectivity index (χ3n) is 4.90. The van der Waals surface area contributed by atoms with Gasteiger partial charge in [-0.05, 0) is 29.8 Å². The number of aromatic nitrogens is 3. The predicted octanol–water partition coefficient (Wildman–Crippen LogP) is 4.17. The van der Waals surface area contributed by atoms with Crippen LogP contribution in [0, 0.1) is 0 Å². The molecule has 1 fully saturated rings. The summed E-state index contributed by atoms with van der Waals surface area (Å²) in [6.07, 6.45) is -0.105. The van der Waals surface area contributed by atoms with Gasteiger partial charge in [0.05, 0.1) is 0 Å². The number of amides is 1. The van der Waals surface area contributed by atoms with E-state index in [9.17, 15) is 18.0 Å². The van der Waals surface area contributed by atoms with Gasteiger partial charge >= 0.3 is 12.1 Å². The number of carbonyl (C=O) groups is 1. The Morgan fingerprint density at radius 3 is 2.47 bits per heavy atom. The van der Waals surface area contributed by atoms with E-state index in [4.69, 9.17) is 11.6 Å². The molecule has 166 valence electrons. The fraction of sp³-hybridized carbons (Fsp3) is 0.238. The summed E-state index contributed by atoms with van der Waals surface area (Å²) < 4.78 is 42.1. The minimum Gasteiger partial charge on any atom is -0.353 e. The molecule has 0 N–H and O–H groups in total. The molecule has 0 aliphatic carbocycles. The van der Waals surface area contributed by atoms with Gasteiger partial charge in [0.15, 0.2) is 0 Å². The first-order valence-corrected chi connectivity index (χ1v) is 10.0. The Balaban J connectivity index is 1.34. The van der Waals surface area contributed by atoms with E-state index in [-0.39, 0.29) is 11.7 Å². The standard InChI is InChI=1S/C21H17ClF3N5O2/c22-16-4-2-1-3-14(16)6-8-18(31)30-11-9-29(10-12-30)17-7-5-15(13-26-17)19-27-20(32-28-19)21(23,24)25/h1-8,13H,9-12H2. The molecule has 0 saturated carbocycles. The van der Waals surface area contributed by atoms with E-state index in [0.29, 0.717) is 42.6 Å². The number of alkyl halides is 3. The first-order chi connectivity index (χ1) is 15.3. The third kappa shape index (κ3) is 4.91. The summed E-state index contributed by atoms with van der Waals surface area (Å²) >= 11 is 6.10. The molecule has 0 spiro atoms. The molecular formula is C21H17ClF3N5O2. The maximum Gasteiger partial charge on any atom is 0.471 e. The van der Waals surface area contributed by atoms with Crippen molar-refractivity contribution in [1.29, 1.82) is 0 Å². The van der Waals surface area contributed by atoms with Crippen LogP contribution < -0.4 is 4.90 Å². The first-order valence-electron chi connectivity index (χ1n) is 9.65. The van der Waals surface area contributed by atoms with Crippen molar-refractivity contribution in [3.05, 3.63) is 65.1 Å². The van der Waals surface area contributed by atoms with Crippen LogP contribution in [0.3, 0.4) is 0 Å². The van der Waals surface area contributed by atoms with Gasteiger partial charge in [-0.1, -0.05) is 35.0 Å². The molecule has 3 heterocycles. The molecule has 1 aromatic carbocycles. The van der Waals surface area contributed by atoms with Crippen LogP contribution >= 0.6 is 11.6 Å². The van der Waals surface area contributed by atoms with E-state index in [1.807, 2.05) is 23.1 Å². The van der Waals surface area contributed by atoms with Gasteiger partial charge in [-0.3, -0.25) is 4.79 Å². The van der Waals surface area contributed by atoms with Gasteiger partial charge in [-0.2, -0.15) is 18.2 Å².